The van der Waals surface area contributed by atoms with Crippen LogP contribution < -0.4 is 4.74 Å². The number of ether oxygens (including phenoxy) is 1. The van der Waals surface area contributed by atoms with Crippen LogP contribution in [0, 0.1) is 17.1 Å². The number of nitriles is 1. The zero-order valence-corrected chi connectivity index (χ0v) is 15.5. The van der Waals surface area contributed by atoms with Crippen molar-refractivity contribution < 1.29 is 14.2 Å². The van der Waals surface area contributed by atoms with E-state index in [-0.39, 0.29) is 11.9 Å². The first-order chi connectivity index (χ1) is 13.6. The first kappa shape index (κ1) is 19.5. The molecular formula is C23H21FN2O2. The molecule has 1 heterocycles. The van der Waals surface area contributed by atoms with Crippen LogP contribution in [0.2, 0.25) is 0 Å². The monoisotopic (exact) mass is 376 g/mol. The van der Waals surface area contributed by atoms with Crippen molar-refractivity contribution in [2.24, 2.45) is 0 Å². The smallest absolute Gasteiger partial charge is 0.131 e. The van der Waals surface area contributed by atoms with Gasteiger partial charge in [0, 0.05) is 18.0 Å². The number of nitrogens with zero attached hydrogens (tertiary/aromatic N) is 2. The number of pyridine rings is 1. The summed E-state index contributed by atoms with van der Waals surface area (Å²) in [6.07, 6.45) is 3.79. The van der Waals surface area contributed by atoms with Crippen LogP contribution in [0.15, 0.2) is 67.0 Å². The van der Waals surface area contributed by atoms with Gasteiger partial charge < -0.3 is 9.84 Å². The highest BCUT2D eigenvalue weighted by Gasteiger charge is 2.16. The molecule has 2 atom stereocenters. The Balaban J connectivity index is 1.61. The Labute approximate surface area is 163 Å². The Morgan fingerprint density at radius 1 is 1.18 bits per heavy atom. The molecule has 5 heteroatoms. The van der Waals surface area contributed by atoms with Crippen molar-refractivity contribution in [3.63, 3.8) is 0 Å². The topological polar surface area (TPSA) is 66.1 Å². The lowest BCUT2D eigenvalue weighted by Crippen LogP contribution is -2.29. The van der Waals surface area contributed by atoms with E-state index in [1.807, 2.05) is 25.1 Å². The van der Waals surface area contributed by atoms with Crippen LogP contribution in [-0.2, 0) is 6.42 Å². The average Bonchev–Trinajstić information content (AvgIpc) is 2.73. The molecule has 1 aromatic heterocycles. The molecule has 3 aromatic rings. The zero-order valence-electron chi connectivity index (χ0n) is 15.5. The Hall–Kier alpha value is -3.23. The molecule has 1 N–H and O–H groups in total. The second kappa shape index (κ2) is 9.12. The Kier molecular flexibility index (Phi) is 6.36. The molecule has 0 saturated heterocycles. The number of aryl methyl sites for hydroxylation is 1. The Morgan fingerprint density at radius 3 is 2.64 bits per heavy atom. The molecule has 0 spiro atoms. The van der Waals surface area contributed by atoms with Crippen molar-refractivity contribution >= 4 is 0 Å². The van der Waals surface area contributed by atoms with Crippen molar-refractivity contribution in [2.75, 3.05) is 0 Å². The molecule has 3 rings (SSSR count). The van der Waals surface area contributed by atoms with Gasteiger partial charge in [0.15, 0.2) is 0 Å². The van der Waals surface area contributed by atoms with Gasteiger partial charge in [0.25, 0.3) is 0 Å². The minimum Gasteiger partial charge on any atom is -0.488 e. The van der Waals surface area contributed by atoms with Gasteiger partial charge >= 0.3 is 0 Å². The Morgan fingerprint density at radius 2 is 1.96 bits per heavy atom. The summed E-state index contributed by atoms with van der Waals surface area (Å²) < 4.78 is 19.9. The fourth-order valence-electron chi connectivity index (χ4n) is 2.92. The number of hydrogen-bond donors (Lipinski definition) is 1. The highest BCUT2D eigenvalue weighted by atomic mass is 19.1. The molecule has 1 unspecified atom stereocenters. The van der Waals surface area contributed by atoms with Crippen LogP contribution in [0.1, 0.15) is 24.5 Å². The summed E-state index contributed by atoms with van der Waals surface area (Å²) in [5.41, 5.74) is 2.50. The number of rotatable bonds is 7. The maximum atomic E-state index is 14.1. The van der Waals surface area contributed by atoms with Gasteiger partial charge in [-0.3, -0.25) is 4.98 Å². The van der Waals surface area contributed by atoms with E-state index in [2.05, 4.69) is 4.98 Å². The minimum atomic E-state index is -0.621. The standard InChI is InChI=1S/C23H21FN2O2/c1-16(23(27)11-5-17-3-2-12-26-15-17)28-20-8-6-19(7-9-20)21-13-18(14-25)4-10-22(21)24/h2-4,6-10,12-13,15-16,23,27H,5,11H2,1H3/t16-,23?/m0/s1. The quantitative estimate of drug-likeness (QED) is 0.658. The molecule has 2 aromatic carbocycles. The summed E-state index contributed by atoms with van der Waals surface area (Å²) >= 11 is 0. The lowest BCUT2D eigenvalue weighted by Gasteiger charge is -2.20. The van der Waals surface area contributed by atoms with E-state index in [1.165, 1.54) is 18.2 Å². The van der Waals surface area contributed by atoms with Gasteiger partial charge in [0.1, 0.15) is 17.7 Å². The predicted molar refractivity (Wildman–Crippen MR) is 105 cm³/mol. The highest BCUT2D eigenvalue weighted by Crippen LogP contribution is 2.26. The fraction of sp³-hybridized carbons (Fsp3) is 0.217. The van der Waals surface area contributed by atoms with Crippen LogP contribution in [0.3, 0.4) is 0 Å². The summed E-state index contributed by atoms with van der Waals surface area (Å²) in [5, 5.41) is 19.3. The third-order valence-corrected chi connectivity index (χ3v) is 4.58. The molecule has 0 aliphatic carbocycles. The molecule has 4 nitrogen and oxygen atoms in total. The highest BCUT2D eigenvalue weighted by molar-refractivity contribution is 5.66. The minimum absolute atomic E-state index is 0.371. The molecule has 0 amide bonds. The second-order valence-electron chi connectivity index (χ2n) is 6.62. The first-order valence-electron chi connectivity index (χ1n) is 9.10. The summed E-state index contributed by atoms with van der Waals surface area (Å²) in [6.45, 7) is 1.82. The van der Waals surface area contributed by atoms with Crippen molar-refractivity contribution in [2.45, 2.75) is 32.0 Å². The van der Waals surface area contributed by atoms with Gasteiger partial charge in [0.05, 0.1) is 17.7 Å². The van der Waals surface area contributed by atoms with Crippen LogP contribution in [-0.4, -0.2) is 22.3 Å². The lowest BCUT2D eigenvalue weighted by molar-refractivity contribution is 0.0420. The SMILES string of the molecule is C[C@H](Oc1ccc(-c2cc(C#N)ccc2F)cc1)C(O)CCc1cccnc1. The molecular weight excluding hydrogens is 355 g/mol. The molecule has 28 heavy (non-hydrogen) atoms. The molecule has 0 bridgehead atoms. The maximum Gasteiger partial charge on any atom is 0.131 e. The molecule has 0 aliphatic heterocycles. The summed E-state index contributed by atoms with van der Waals surface area (Å²) in [4.78, 5) is 4.07. The number of aliphatic hydroxyl groups excluding tert-OH is 1. The summed E-state index contributed by atoms with van der Waals surface area (Å²) in [7, 11) is 0. The first-order valence-corrected chi connectivity index (χ1v) is 9.10. The number of hydrogen-bond acceptors (Lipinski definition) is 4. The van der Waals surface area contributed by atoms with E-state index in [1.54, 1.807) is 36.7 Å². The molecule has 0 radical (unpaired) electrons. The van der Waals surface area contributed by atoms with Crippen LogP contribution in [0.4, 0.5) is 4.39 Å². The third kappa shape index (κ3) is 4.93. The average molecular weight is 376 g/mol. The van der Waals surface area contributed by atoms with E-state index < -0.39 is 6.10 Å². The predicted octanol–water partition coefficient (Wildman–Crippen LogP) is 4.52. The number of aromatic nitrogens is 1. The van der Waals surface area contributed by atoms with E-state index in [0.29, 0.717) is 28.9 Å². The third-order valence-electron chi connectivity index (χ3n) is 4.58. The number of benzene rings is 2. The number of aliphatic hydroxyl groups is 1. The zero-order chi connectivity index (χ0) is 19.9. The maximum absolute atomic E-state index is 14.1. The van der Waals surface area contributed by atoms with Crippen LogP contribution >= 0.6 is 0 Å². The largest absolute Gasteiger partial charge is 0.488 e. The lowest BCUT2D eigenvalue weighted by atomic mass is 10.0. The van der Waals surface area contributed by atoms with Gasteiger partial charge in [-0.05, 0) is 67.3 Å². The fourth-order valence-corrected chi connectivity index (χ4v) is 2.92. The van der Waals surface area contributed by atoms with Crippen molar-refractivity contribution in [3.8, 4) is 22.9 Å². The van der Waals surface area contributed by atoms with Crippen LogP contribution in [0.25, 0.3) is 11.1 Å². The molecule has 142 valence electrons. The summed E-state index contributed by atoms with van der Waals surface area (Å²) in [5.74, 6) is 0.209. The second-order valence-corrected chi connectivity index (χ2v) is 6.62. The van der Waals surface area contributed by atoms with E-state index >= 15 is 0 Å². The summed E-state index contributed by atoms with van der Waals surface area (Å²) in [6, 6.07) is 17.1. The number of halogens is 1. The van der Waals surface area contributed by atoms with Crippen molar-refractivity contribution in [3.05, 3.63) is 83.9 Å². The Bertz CT molecular complexity index is 953. The molecule has 0 saturated carbocycles. The van der Waals surface area contributed by atoms with Gasteiger partial charge in [-0.15, -0.1) is 0 Å². The molecule has 0 fully saturated rings. The van der Waals surface area contributed by atoms with Gasteiger partial charge in [-0.25, -0.2) is 4.39 Å². The van der Waals surface area contributed by atoms with E-state index in [0.717, 1.165) is 12.0 Å². The van der Waals surface area contributed by atoms with E-state index in [4.69, 9.17) is 10.00 Å². The van der Waals surface area contributed by atoms with Crippen LogP contribution in [0.5, 0.6) is 5.75 Å². The normalized spacial score (nSPS) is 12.8. The van der Waals surface area contributed by atoms with Gasteiger partial charge in [-0.2, -0.15) is 5.26 Å². The molecule has 0 aliphatic rings. The van der Waals surface area contributed by atoms with Gasteiger partial charge in [-0.1, -0.05) is 18.2 Å². The van der Waals surface area contributed by atoms with E-state index in [9.17, 15) is 9.50 Å². The van der Waals surface area contributed by atoms with Gasteiger partial charge in [0.2, 0.25) is 0 Å². The van der Waals surface area contributed by atoms with Crippen molar-refractivity contribution in [1.82, 2.24) is 4.98 Å². The van der Waals surface area contributed by atoms with Crippen molar-refractivity contribution in [1.29, 1.82) is 5.26 Å².